The van der Waals surface area contributed by atoms with Gasteiger partial charge in [-0.05, 0) is 79.7 Å². The molecule has 9 nitrogen and oxygen atoms in total. The van der Waals surface area contributed by atoms with Crippen molar-refractivity contribution in [3.8, 4) is 0 Å². The number of hydrogen-bond donors (Lipinski definition) is 4. The first-order valence-electron chi connectivity index (χ1n) is 12.1. The monoisotopic (exact) mass is 504 g/mol. The highest BCUT2D eigenvalue weighted by Gasteiger charge is 2.09. The van der Waals surface area contributed by atoms with E-state index in [1.165, 1.54) is 0 Å². The minimum absolute atomic E-state index is 0.198. The molecule has 38 heavy (non-hydrogen) atoms. The van der Waals surface area contributed by atoms with Crippen molar-refractivity contribution in [1.29, 1.82) is 0 Å². The van der Waals surface area contributed by atoms with Gasteiger partial charge in [0, 0.05) is 71.4 Å². The van der Waals surface area contributed by atoms with Crippen LogP contribution in [0.3, 0.4) is 0 Å². The zero-order valence-electron chi connectivity index (χ0n) is 21.4. The largest absolute Gasteiger partial charge is 0.378 e. The Bertz CT molecular complexity index is 1580. The van der Waals surface area contributed by atoms with Crippen LogP contribution in [0.1, 0.15) is 16.1 Å². The number of nitrogens with one attached hydrogen (secondary N) is 3. The topological polar surface area (TPSA) is 121 Å². The van der Waals surface area contributed by atoms with E-state index < -0.39 is 0 Å². The molecular formula is C29H28N8O. The SMILES string of the molecule is Cc1cc(Nc2ccc(C(=O)Nc3ccc(Nc4ccnc5ccc(N(C)C)cc45)cc3)cc2)nc(N)n1. The van der Waals surface area contributed by atoms with Gasteiger partial charge in [-0.25, -0.2) is 4.98 Å². The Kier molecular flexibility index (Phi) is 6.73. The highest BCUT2D eigenvalue weighted by molar-refractivity contribution is 6.04. The smallest absolute Gasteiger partial charge is 0.255 e. The maximum Gasteiger partial charge on any atom is 0.255 e. The van der Waals surface area contributed by atoms with Gasteiger partial charge in [0.1, 0.15) is 5.82 Å². The standard InChI is InChI=1S/C29H28N8O/c1-18-16-27(36-29(30)32-18)34-21-6-4-19(5-7-21)28(38)35-22-10-8-20(9-11-22)33-26-14-15-31-25-13-12-23(37(2)3)17-24(25)26/h4-17H,1-3H3,(H,31,33)(H,35,38)(H3,30,32,34,36). The molecule has 5 aromatic rings. The lowest BCUT2D eigenvalue weighted by molar-refractivity contribution is 0.102. The number of fused-ring (bicyclic) bond motifs is 1. The summed E-state index contributed by atoms with van der Waals surface area (Å²) in [5, 5.41) is 10.6. The van der Waals surface area contributed by atoms with E-state index in [1.807, 2.05) is 69.6 Å². The van der Waals surface area contributed by atoms with E-state index in [2.05, 4.69) is 47.9 Å². The Morgan fingerprint density at radius 3 is 2.21 bits per heavy atom. The van der Waals surface area contributed by atoms with Gasteiger partial charge in [0.2, 0.25) is 5.95 Å². The molecule has 0 atom stereocenters. The normalized spacial score (nSPS) is 10.7. The van der Waals surface area contributed by atoms with Crippen LogP contribution in [0.25, 0.3) is 10.9 Å². The summed E-state index contributed by atoms with van der Waals surface area (Å²) in [5.41, 5.74) is 12.4. The van der Waals surface area contributed by atoms with Crippen LogP contribution in [0.2, 0.25) is 0 Å². The third-order valence-corrected chi connectivity index (χ3v) is 5.95. The molecule has 5 N–H and O–H groups in total. The van der Waals surface area contributed by atoms with Crippen molar-refractivity contribution in [3.63, 3.8) is 0 Å². The van der Waals surface area contributed by atoms with Crippen molar-refractivity contribution in [2.45, 2.75) is 6.92 Å². The van der Waals surface area contributed by atoms with E-state index in [0.29, 0.717) is 17.1 Å². The van der Waals surface area contributed by atoms with Gasteiger partial charge in [0.15, 0.2) is 0 Å². The van der Waals surface area contributed by atoms with Crippen molar-refractivity contribution in [2.75, 3.05) is 40.7 Å². The molecular weight excluding hydrogens is 476 g/mol. The maximum atomic E-state index is 12.8. The van der Waals surface area contributed by atoms with Crippen molar-refractivity contribution in [3.05, 3.63) is 96.3 Å². The third kappa shape index (κ3) is 5.62. The van der Waals surface area contributed by atoms with Crippen molar-refractivity contribution in [2.24, 2.45) is 0 Å². The Hall–Kier alpha value is -5.18. The molecule has 0 aliphatic carbocycles. The lowest BCUT2D eigenvalue weighted by Crippen LogP contribution is -2.11. The molecule has 0 fully saturated rings. The van der Waals surface area contributed by atoms with Crippen LogP contribution >= 0.6 is 0 Å². The first-order chi connectivity index (χ1) is 18.3. The lowest BCUT2D eigenvalue weighted by atomic mass is 10.1. The summed E-state index contributed by atoms with van der Waals surface area (Å²) in [5.74, 6) is 0.604. The average Bonchev–Trinajstić information content (AvgIpc) is 2.89. The number of nitrogens with two attached hydrogens (primary N) is 1. The minimum atomic E-state index is -0.198. The van der Waals surface area contributed by atoms with E-state index in [0.717, 1.165) is 39.3 Å². The van der Waals surface area contributed by atoms with Gasteiger partial charge in [-0.2, -0.15) is 4.98 Å². The van der Waals surface area contributed by atoms with Gasteiger partial charge < -0.3 is 26.6 Å². The molecule has 0 saturated carbocycles. The van der Waals surface area contributed by atoms with Crippen LogP contribution in [0.5, 0.6) is 0 Å². The van der Waals surface area contributed by atoms with E-state index in [4.69, 9.17) is 5.73 Å². The van der Waals surface area contributed by atoms with Crippen LogP contribution in [0.4, 0.5) is 40.2 Å². The Labute approximate surface area is 220 Å². The molecule has 1 amide bonds. The molecule has 0 aliphatic rings. The highest BCUT2D eigenvalue weighted by atomic mass is 16.1. The van der Waals surface area contributed by atoms with Crippen LogP contribution in [-0.2, 0) is 0 Å². The molecule has 0 spiro atoms. The fraction of sp³-hybridized carbons (Fsp3) is 0.103. The number of benzene rings is 3. The second kappa shape index (κ2) is 10.4. The van der Waals surface area contributed by atoms with Crippen molar-refractivity contribution in [1.82, 2.24) is 15.0 Å². The minimum Gasteiger partial charge on any atom is -0.378 e. The number of pyridine rings is 1. The summed E-state index contributed by atoms with van der Waals surface area (Å²) in [4.78, 5) is 27.6. The highest BCUT2D eigenvalue weighted by Crippen LogP contribution is 2.29. The lowest BCUT2D eigenvalue weighted by Gasteiger charge is -2.15. The summed E-state index contributed by atoms with van der Waals surface area (Å²) in [6, 6.07) is 24.7. The predicted octanol–water partition coefficient (Wildman–Crippen LogP) is 5.72. The Morgan fingerprint density at radius 2 is 1.50 bits per heavy atom. The summed E-state index contributed by atoms with van der Waals surface area (Å²) in [6.45, 7) is 1.85. The summed E-state index contributed by atoms with van der Waals surface area (Å²) < 4.78 is 0. The molecule has 5 rings (SSSR count). The number of aryl methyl sites for hydroxylation is 1. The van der Waals surface area contributed by atoms with Crippen LogP contribution in [-0.4, -0.2) is 35.0 Å². The molecule has 2 heterocycles. The zero-order chi connectivity index (χ0) is 26.6. The molecule has 0 bridgehead atoms. The zero-order valence-corrected chi connectivity index (χ0v) is 21.4. The summed E-state index contributed by atoms with van der Waals surface area (Å²) in [6.07, 6.45) is 1.79. The number of nitrogens with zero attached hydrogens (tertiary/aromatic N) is 4. The van der Waals surface area contributed by atoms with E-state index in [1.54, 1.807) is 24.4 Å². The van der Waals surface area contributed by atoms with E-state index >= 15 is 0 Å². The molecule has 0 radical (unpaired) electrons. The fourth-order valence-electron chi connectivity index (χ4n) is 4.03. The number of hydrogen-bond acceptors (Lipinski definition) is 8. The van der Waals surface area contributed by atoms with Gasteiger partial charge in [0.05, 0.1) is 5.52 Å². The first-order valence-corrected chi connectivity index (χ1v) is 12.1. The molecule has 9 heteroatoms. The third-order valence-electron chi connectivity index (χ3n) is 5.95. The van der Waals surface area contributed by atoms with Crippen LogP contribution in [0, 0.1) is 6.92 Å². The van der Waals surface area contributed by atoms with E-state index in [9.17, 15) is 4.79 Å². The average molecular weight is 505 g/mol. The van der Waals surface area contributed by atoms with Gasteiger partial charge in [-0.15, -0.1) is 0 Å². The summed E-state index contributed by atoms with van der Waals surface area (Å²) >= 11 is 0. The second-order valence-electron chi connectivity index (χ2n) is 9.07. The van der Waals surface area contributed by atoms with Crippen LogP contribution in [0.15, 0.2) is 85.1 Å². The van der Waals surface area contributed by atoms with Gasteiger partial charge in [-0.3, -0.25) is 9.78 Å². The maximum absolute atomic E-state index is 12.8. The van der Waals surface area contributed by atoms with Crippen molar-refractivity contribution >= 4 is 57.0 Å². The molecule has 190 valence electrons. The molecule has 3 aromatic carbocycles. The predicted molar refractivity (Wildman–Crippen MR) is 155 cm³/mol. The molecule has 0 aliphatic heterocycles. The fourth-order valence-corrected chi connectivity index (χ4v) is 4.03. The molecule has 0 saturated heterocycles. The number of rotatable bonds is 7. The molecule has 2 aromatic heterocycles. The number of amides is 1. The van der Waals surface area contributed by atoms with E-state index in [-0.39, 0.29) is 11.9 Å². The number of anilines is 7. The van der Waals surface area contributed by atoms with Gasteiger partial charge in [-0.1, -0.05) is 0 Å². The number of carbonyl (C=O) groups is 1. The number of nitrogen functional groups attached to an aromatic ring is 1. The van der Waals surface area contributed by atoms with Crippen molar-refractivity contribution < 1.29 is 4.79 Å². The molecule has 0 unspecified atom stereocenters. The Balaban J connectivity index is 1.24. The Morgan fingerprint density at radius 1 is 0.816 bits per heavy atom. The number of carbonyl (C=O) groups excluding carboxylic acids is 1. The van der Waals surface area contributed by atoms with Gasteiger partial charge >= 0.3 is 0 Å². The second-order valence-corrected chi connectivity index (χ2v) is 9.07. The van der Waals surface area contributed by atoms with Gasteiger partial charge in [0.25, 0.3) is 5.91 Å². The first kappa shape index (κ1) is 24.5. The number of aromatic nitrogens is 3. The quantitative estimate of drug-likeness (QED) is 0.222. The summed E-state index contributed by atoms with van der Waals surface area (Å²) in [7, 11) is 4.03. The van der Waals surface area contributed by atoms with Crippen LogP contribution < -0.4 is 26.6 Å².